The fourth-order valence-corrected chi connectivity index (χ4v) is 3.56. The van der Waals surface area contributed by atoms with Gasteiger partial charge in [0.15, 0.2) is 0 Å². The highest BCUT2D eigenvalue weighted by Crippen LogP contribution is 2.25. The number of carbonyl (C=O) groups is 3. The summed E-state index contributed by atoms with van der Waals surface area (Å²) in [6.07, 6.45) is 7.90. The van der Waals surface area contributed by atoms with Crippen LogP contribution in [0.25, 0.3) is 0 Å². The van der Waals surface area contributed by atoms with Crippen LogP contribution in [-0.4, -0.2) is 40.8 Å². The molecule has 0 spiro atoms. The zero-order valence-corrected chi connectivity index (χ0v) is 12.5. The molecule has 1 saturated heterocycles. The molecule has 0 atom stereocenters. The Bertz CT molecular complexity index is 363. The number of hydrogen-bond donors (Lipinski definition) is 1. The molecular weight excluding hydrogens is 276 g/mol. The second-order valence-corrected chi connectivity index (χ2v) is 6.44. The van der Waals surface area contributed by atoms with E-state index in [0.29, 0.717) is 25.4 Å². The van der Waals surface area contributed by atoms with Crippen molar-refractivity contribution in [3.63, 3.8) is 0 Å². The van der Waals surface area contributed by atoms with Crippen LogP contribution in [0.15, 0.2) is 0 Å². The fraction of sp³-hybridized carbons (Fsp3) is 0.786. The van der Waals surface area contributed by atoms with Gasteiger partial charge in [0, 0.05) is 19.5 Å². The molecule has 3 amide bonds. The molecule has 0 aromatic heterocycles. The van der Waals surface area contributed by atoms with Crippen LogP contribution >= 0.6 is 11.8 Å². The zero-order valence-electron chi connectivity index (χ0n) is 11.7. The number of nitrogens with zero attached hydrogens (tertiary/aromatic N) is 1. The Morgan fingerprint density at radius 2 is 1.90 bits per heavy atom. The molecule has 6 heteroatoms. The number of carbonyl (C=O) groups excluding carboxylic acids is 3. The summed E-state index contributed by atoms with van der Waals surface area (Å²) in [7, 11) is 0. The third-order valence-electron chi connectivity index (χ3n) is 3.95. The van der Waals surface area contributed by atoms with Crippen LogP contribution in [0, 0.1) is 5.92 Å². The van der Waals surface area contributed by atoms with Gasteiger partial charge in [0.25, 0.3) is 5.24 Å². The molecule has 0 bridgehead atoms. The first-order valence-electron chi connectivity index (χ1n) is 7.40. The second-order valence-electron chi connectivity index (χ2n) is 5.51. The monoisotopic (exact) mass is 298 g/mol. The van der Waals surface area contributed by atoms with Crippen molar-refractivity contribution in [3.8, 4) is 0 Å². The average Bonchev–Trinajstić information content (AvgIpc) is 2.64. The summed E-state index contributed by atoms with van der Waals surface area (Å²) in [6.45, 7) is 0.657. The first kappa shape index (κ1) is 15.4. The standard InChI is InChI=1S/C14H22N2O3S/c17-12(9-11-5-3-1-2-4-6-11)15-7-8-16-13(18)10-20-14(16)19/h11H,1-10H2,(H,15,17). The molecule has 2 fully saturated rings. The van der Waals surface area contributed by atoms with Crippen LogP contribution in [0.3, 0.4) is 0 Å². The van der Waals surface area contributed by atoms with Crippen LogP contribution in [-0.2, 0) is 9.59 Å². The van der Waals surface area contributed by atoms with Gasteiger partial charge in [-0.1, -0.05) is 37.4 Å². The summed E-state index contributed by atoms with van der Waals surface area (Å²) >= 11 is 1.03. The molecule has 0 radical (unpaired) electrons. The molecule has 1 saturated carbocycles. The van der Waals surface area contributed by atoms with E-state index in [4.69, 9.17) is 0 Å². The molecule has 2 rings (SSSR count). The van der Waals surface area contributed by atoms with Crippen molar-refractivity contribution in [2.45, 2.75) is 44.9 Å². The lowest BCUT2D eigenvalue weighted by Crippen LogP contribution is -2.37. The normalized spacial score (nSPS) is 21.1. The molecule has 1 aliphatic carbocycles. The minimum absolute atomic E-state index is 0.0450. The van der Waals surface area contributed by atoms with Gasteiger partial charge in [0.2, 0.25) is 11.8 Å². The number of amides is 3. The second kappa shape index (κ2) is 7.67. The van der Waals surface area contributed by atoms with Crippen LogP contribution in [0.5, 0.6) is 0 Å². The Morgan fingerprint density at radius 1 is 1.20 bits per heavy atom. The summed E-state index contributed by atoms with van der Waals surface area (Å²) in [5, 5.41) is 2.62. The largest absolute Gasteiger partial charge is 0.354 e. The van der Waals surface area contributed by atoms with E-state index in [1.807, 2.05) is 0 Å². The minimum atomic E-state index is -0.201. The molecule has 20 heavy (non-hydrogen) atoms. The summed E-state index contributed by atoms with van der Waals surface area (Å²) in [5.41, 5.74) is 0. The van der Waals surface area contributed by atoms with Gasteiger partial charge in [0.05, 0.1) is 5.75 Å². The van der Waals surface area contributed by atoms with Gasteiger partial charge in [-0.3, -0.25) is 19.3 Å². The van der Waals surface area contributed by atoms with E-state index in [0.717, 1.165) is 24.6 Å². The number of imide groups is 1. The molecular formula is C14H22N2O3S. The predicted octanol–water partition coefficient (Wildman–Crippen LogP) is 2.16. The van der Waals surface area contributed by atoms with Crippen molar-refractivity contribution < 1.29 is 14.4 Å². The third kappa shape index (κ3) is 4.51. The SMILES string of the molecule is O=C(CC1CCCCCC1)NCCN1C(=O)CSC1=O. The number of hydrogen-bond acceptors (Lipinski definition) is 4. The highest BCUT2D eigenvalue weighted by molar-refractivity contribution is 8.14. The van der Waals surface area contributed by atoms with E-state index in [-0.39, 0.29) is 22.8 Å². The fourth-order valence-electron chi connectivity index (χ4n) is 2.81. The maximum absolute atomic E-state index is 11.9. The molecule has 2 aliphatic rings. The van der Waals surface area contributed by atoms with Gasteiger partial charge in [-0.2, -0.15) is 0 Å². The summed E-state index contributed by atoms with van der Waals surface area (Å²) < 4.78 is 0. The molecule has 1 aliphatic heterocycles. The van der Waals surface area contributed by atoms with Crippen LogP contribution in [0.4, 0.5) is 4.79 Å². The van der Waals surface area contributed by atoms with E-state index < -0.39 is 0 Å². The Morgan fingerprint density at radius 3 is 2.50 bits per heavy atom. The summed E-state index contributed by atoms with van der Waals surface area (Å²) in [6, 6.07) is 0. The van der Waals surface area contributed by atoms with Crippen molar-refractivity contribution in [2.24, 2.45) is 5.92 Å². The van der Waals surface area contributed by atoms with E-state index in [1.54, 1.807) is 0 Å². The van der Waals surface area contributed by atoms with Gasteiger partial charge in [-0.25, -0.2) is 0 Å². The lowest BCUT2D eigenvalue weighted by atomic mass is 9.96. The topological polar surface area (TPSA) is 66.5 Å². The van der Waals surface area contributed by atoms with Gasteiger partial charge in [-0.05, 0) is 18.8 Å². The lowest BCUT2D eigenvalue weighted by Gasteiger charge is -2.15. The molecule has 1 N–H and O–H groups in total. The maximum atomic E-state index is 11.9. The Kier molecular flexibility index (Phi) is 5.88. The predicted molar refractivity (Wildman–Crippen MR) is 78.4 cm³/mol. The first-order valence-corrected chi connectivity index (χ1v) is 8.39. The van der Waals surface area contributed by atoms with Gasteiger partial charge < -0.3 is 5.32 Å². The van der Waals surface area contributed by atoms with Crippen molar-refractivity contribution >= 4 is 28.8 Å². The van der Waals surface area contributed by atoms with Gasteiger partial charge in [-0.15, -0.1) is 0 Å². The Hall–Kier alpha value is -1.04. The van der Waals surface area contributed by atoms with E-state index >= 15 is 0 Å². The molecule has 0 aromatic carbocycles. The molecule has 5 nitrogen and oxygen atoms in total. The Labute approximate surface area is 123 Å². The van der Waals surface area contributed by atoms with Crippen molar-refractivity contribution in [1.82, 2.24) is 10.2 Å². The van der Waals surface area contributed by atoms with E-state index in [1.165, 1.54) is 30.6 Å². The van der Waals surface area contributed by atoms with Crippen molar-refractivity contribution in [3.05, 3.63) is 0 Å². The highest BCUT2D eigenvalue weighted by atomic mass is 32.2. The quantitative estimate of drug-likeness (QED) is 0.790. The smallest absolute Gasteiger partial charge is 0.288 e. The minimum Gasteiger partial charge on any atom is -0.354 e. The number of rotatable bonds is 5. The number of thioether (sulfide) groups is 1. The maximum Gasteiger partial charge on any atom is 0.288 e. The summed E-state index contributed by atoms with van der Waals surface area (Å²) in [5.74, 6) is 0.624. The third-order valence-corrected chi connectivity index (χ3v) is 4.81. The zero-order chi connectivity index (χ0) is 14.4. The average molecular weight is 298 g/mol. The first-order chi connectivity index (χ1) is 9.66. The van der Waals surface area contributed by atoms with Crippen LogP contribution in [0.2, 0.25) is 0 Å². The van der Waals surface area contributed by atoms with Crippen molar-refractivity contribution in [1.29, 1.82) is 0 Å². The van der Waals surface area contributed by atoms with Crippen LogP contribution in [0.1, 0.15) is 44.9 Å². The molecule has 1 heterocycles. The lowest BCUT2D eigenvalue weighted by molar-refractivity contribution is -0.126. The molecule has 0 unspecified atom stereocenters. The number of nitrogens with one attached hydrogen (secondary N) is 1. The van der Waals surface area contributed by atoms with Gasteiger partial charge >= 0.3 is 0 Å². The molecule has 112 valence electrons. The van der Waals surface area contributed by atoms with E-state index in [9.17, 15) is 14.4 Å². The molecule has 0 aromatic rings. The Balaban J connectivity index is 1.64. The van der Waals surface area contributed by atoms with Gasteiger partial charge in [0.1, 0.15) is 0 Å². The van der Waals surface area contributed by atoms with Crippen molar-refractivity contribution in [2.75, 3.05) is 18.8 Å². The van der Waals surface area contributed by atoms with E-state index in [2.05, 4.69) is 5.32 Å². The summed E-state index contributed by atoms with van der Waals surface area (Å²) in [4.78, 5) is 35.8. The van der Waals surface area contributed by atoms with Crippen LogP contribution < -0.4 is 5.32 Å². The highest BCUT2D eigenvalue weighted by Gasteiger charge is 2.29.